The number of methoxy groups -OCH3 is 1. The maximum atomic E-state index is 6.55. The Morgan fingerprint density at radius 2 is 1.95 bits per heavy atom. The zero-order valence-corrected chi connectivity index (χ0v) is 12.9. The Balaban J connectivity index is 2.57. The van der Waals surface area contributed by atoms with Crippen molar-refractivity contribution in [2.24, 2.45) is 5.73 Å². The molecule has 0 amide bonds. The van der Waals surface area contributed by atoms with E-state index in [0.717, 1.165) is 23.6 Å². The number of hydrogen-bond donors (Lipinski definition) is 1. The first-order chi connectivity index (χ1) is 9.04. The number of nitrogens with two attached hydrogens (primary N) is 1. The third-order valence-electron chi connectivity index (χ3n) is 4.47. The molecule has 1 aliphatic rings. The smallest absolute Gasteiger partial charge is 0.138 e. The number of benzene rings is 1. The van der Waals surface area contributed by atoms with E-state index in [0.29, 0.717) is 12.5 Å². The van der Waals surface area contributed by atoms with E-state index >= 15 is 0 Å². The summed E-state index contributed by atoms with van der Waals surface area (Å²) in [6.07, 6.45) is 4.74. The number of hydrogen-bond acceptors (Lipinski definition) is 2. The van der Waals surface area contributed by atoms with Crippen molar-refractivity contribution in [3.8, 4) is 5.75 Å². The van der Waals surface area contributed by atoms with Gasteiger partial charge in [-0.1, -0.05) is 44.4 Å². The zero-order chi connectivity index (χ0) is 14.0. The van der Waals surface area contributed by atoms with Crippen LogP contribution >= 0.6 is 11.6 Å². The summed E-state index contributed by atoms with van der Waals surface area (Å²) in [4.78, 5) is 0. The molecule has 0 radical (unpaired) electrons. The molecule has 0 bridgehead atoms. The standard InChI is InChI=1S/C16H24ClNO/c1-11(2)12-8-13(15(17)14(9-12)19-3)16(10-18)6-4-5-7-16/h8-9,11H,4-7,10,18H2,1-3H3. The molecule has 0 aromatic heterocycles. The van der Waals surface area contributed by atoms with Gasteiger partial charge in [-0.2, -0.15) is 0 Å². The summed E-state index contributed by atoms with van der Waals surface area (Å²) in [6, 6.07) is 4.30. The van der Waals surface area contributed by atoms with E-state index in [9.17, 15) is 0 Å². The summed E-state index contributed by atoms with van der Waals surface area (Å²) in [5.74, 6) is 1.24. The quantitative estimate of drug-likeness (QED) is 0.896. The highest BCUT2D eigenvalue weighted by Crippen LogP contribution is 2.46. The van der Waals surface area contributed by atoms with E-state index in [-0.39, 0.29) is 5.41 Å². The summed E-state index contributed by atoms with van der Waals surface area (Å²) in [5.41, 5.74) is 8.60. The van der Waals surface area contributed by atoms with Crippen molar-refractivity contribution in [1.29, 1.82) is 0 Å². The minimum atomic E-state index is 0.0509. The van der Waals surface area contributed by atoms with E-state index in [1.54, 1.807) is 7.11 Å². The molecular weight excluding hydrogens is 258 g/mol. The largest absolute Gasteiger partial charge is 0.495 e. The molecule has 1 aromatic carbocycles. The van der Waals surface area contributed by atoms with E-state index in [4.69, 9.17) is 22.1 Å². The second-order valence-electron chi connectivity index (χ2n) is 5.93. The van der Waals surface area contributed by atoms with Gasteiger partial charge in [0.15, 0.2) is 0 Å². The zero-order valence-electron chi connectivity index (χ0n) is 12.1. The van der Waals surface area contributed by atoms with Crippen LogP contribution in [0.1, 0.15) is 56.6 Å². The van der Waals surface area contributed by atoms with Crippen LogP contribution < -0.4 is 10.5 Å². The Hall–Kier alpha value is -0.730. The Labute approximate surface area is 121 Å². The Kier molecular flexibility index (Phi) is 4.42. The molecule has 2 nitrogen and oxygen atoms in total. The lowest BCUT2D eigenvalue weighted by Crippen LogP contribution is -2.32. The van der Waals surface area contributed by atoms with E-state index in [1.807, 2.05) is 0 Å². The molecule has 106 valence electrons. The molecular formula is C16H24ClNO. The van der Waals surface area contributed by atoms with Gasteiger partial charge in [-0.05, 0) is 36.0 Å². The predicted molar refractivity (Wildman–Crippen MR) is 81.3 cm³/mol. The summed E-state index contributed by atoms with van der Waals surface area (Å²) in [5, 5.41) is 0.749. The van der Waals surface area contributed by atoms with Crippen molar-refractivity contribution < 1.29 is 4.74 Å². The normalized spacial score (nSPS) is 18.0. The van der Waals surface area contributed by atoms with Crippen LogP contribution in [0.5, 0.6) is 5.75 Å². The Morgan fingerprint density at radius 3 is 2.42 bits per heavy atom. The predicted octanol–water partition coefficient (Wildman–Crippen LogP) is 4.24. The number of rotatable bonds is 4. The lowest BCUT2D eigenvalue weighted by Gasteiger charge is -2.30. The number of halogens is 1. The first kappa shape index (κ1) is 14.7. The second kappa shape index (κ2) is 5.72. The molecule has 2 rings (SSSR count). The average molecular weight is 282 g/mol. The highest BCUT2D eigenvalue weighted by atomic mass is 35.5. The molecule has 0 heterocycles. The van der Waals surface area contributed by atoms with Crippen LogP contribution in [0.25, 0.3) is 0 Å². The minimum absolute atomic E-state index is 0.0509. The van der Waals surface area contributed by atoms with E-state index in [1.165, 1.54) is 24.0 Å². The SMILES string of the molecule is COc1cc(C(C)C)cc(C2(CN)CCCC2)c1Cl. The minimum Gasteiger partial charge on any atom is -0.495 e. The molecule has 0 aliphatic heterocycles. The molecule has 19 heavy (non-hydrogen) atoms. The van der Waals surface area contributed by atoms with Crippen LogP contribution in [0.2, 0.25) is 5.02 Å². The van der Waals surface area contributed by atoms with Gasteiger partial charge < -0.3 is 10.5 Å². The van der Waals surface area contributed by atoms with E-state index < -0.39 is 0 Å². The first-order valence-electron chi connectivity index (χ1n) is 7.12. The molecule has 1 fully saturated rings. The molecule has 0 unspecified atom stereocenters. The van der Waals surface area contributed by atoms with Crippen LogP contribution in [-0.4, -0.2) is 13.7 Å². The summed E-state index contributed by atoms with van der Waals surface area (Å²) >= 11 is 6.55. The highest BCUT2D eigenvalue weighted by Gasteiger charge is 2.37. The molecule has 1 saturated carbocycles. The first-order valence-corrected chi connectivity index (χ1v) is 7.50. The van der Waals surface area contributed by atoms with Crippen molar-refractivity contribution in [3.05, 3.63) is 28.3 Å². The van der Waals surface area contributed by atoms with Crippen molar-refractivity contribution >= 4 is 11.6 Å². The molecule has 0 atom stereocenters. The average Bonchev–Trinajstić information content (AvgIpc) is 2.88. The number of ether oxygens (including phenoxy) is 1. The molecule has 3 heteroatoms. The second-order valence-corrected chi connectivity index (χ2v) is 6.31. The molecule has 1 aromatic rings. The fourth-order valence-corrected chi connectivity index (χ4v) is 3.51. The maximum absolute atomic E-state index is 6.55. The van der Waals surface area contributed by atoms with Crippen molar-refractivity contribution in [2.45, 2.75) is 50.9 Å². The Bertz CT molecular complexity index is 450. The van der Waals surface area contributed by atoms with Gasteiger partial charge in [-0.3, -0.25) is 0 Å². The van der Waals surface area contributed by atoms with Crippen LogP contribution in [0.15, 0.2) is 12.1 Å². The van der Waals surface area contributed by atoms with Gasteiger partial charge >= 0.3 is 0 Å². The lowest BCUT2D eigenvalue weighted by atomic mass is 9.77. The lowest BCUT2D eigenvalue weighted by molar-refractivity contribution is 0.407. The van der Waals surface area contributed by atoms with Gasteiger partial charge in [0.05, 0.1) is 12.1 Å². The van der Waals surface area contributed by atoms with Crippen LogP contribution in [-0.2, 0) is 5.41 Å². The molecule has 1 aliphatic carbocycles. The third kappa shape index (κ3) is 2.61. The Morgan fingerprint density at radius 1 is 1.32 bits per heavy atom. The molecule has 0 saturated heterocycles. The maximum Gasteiger partial charge on any atom is 0.138 e. The summed E-state index contributed by atoms with van der Waals surface area (Å²) < 4.78 is 5.45. The van der Waals surface area contributed by atoms with Crippen molar-refractivity contribution in [3.63, 3.8) is 0 Å². The third-order valence-corrected chi connectivity index (χ3v) is 4.86. The van der Waals surface area contributed by atoms with Crippen molar-refractivity contribution in [1.82, 2.24) is 0 Å². The van der Waals surface area contributed by atoms with Gasteiger partial charge in [0.2, 0.25) is 0 Å². The van der Waals surface area contributed by atoms with Crippen molar-refractivity contribution in [2.75, 3.05) is 13.7 Å². The van der Waals surface area contributed by atoms with Gasteiger partial charge in [-0.15, -0.1) is 0 Å². The van der Waals surface area contributed by atoms with Gasteiger partial charge in [0.25, 0.3) is 0 Å². The summed E-state index contributed by atoms with van der Waals surface area (Å²) in [6.45, 7) is 5.05. The van der Waals surface area contributed by atoms with Crippen LogP contribution in [0.3, 0.4) is 0 Å². The monoisotopic (exact) mass is 281 g/mol. The fourth-order valence-electron chi connectivity index (χ4n) is 3.12. The molecule has 0 spiro atoms. The van der Waals surface area contributed by atoms with E-state index in [2.05, 4.69) is 26.0 Å². The summed E-state index contributed by atoms with van der Waals surface area (Å²) in [7, 11) is 1.68. The molecule has 2 N–H and O–H groups in total. The van der Waals surface area contributed by atoms with Crippen LogP contribution in [0.4, 0.5) is 0 Å². The van der Waals surface area contributed by atoms with Gasteiger partial charge in [0, 0.05) is 12.0 Å². The topological polar surface area (TPSA) is 35.2 Å². The van der Waals surface area contributed by atoms with Gasteiger partial charge in [-0.25, -0.2) is 0 Å². The van der Waals surface area contributed by atoms with Crippen LogP contribution in [0, 0.1) is 0 Å². The van der Waals surface area contributed by atoms with Gasteiger partial charge in [0.1, 0.15) is 5.75 Å². The highest BCUT2D eigenvalue weighted by molar-refractivity contribution is 6.33. The fraction of sp³-hybridized carbons (Fsp3) is 0.625.